The van der Waals surface area contributed by atoms with Gasteiger partial charge in [-0.25, -0.2) is 0 Å². The van der Waals surface area contributed by atoms with E-state index in [1.165, 1.54) is 0 Å². The molecule has 3 N–H and O–H groups in total. The molecule has 1 unspecified atom stereocenters. The van der Waals surface area contributed by atoms with Crippen molar-refractivity contribution >= 4 is 11.9 Å². The summed E-state index contributed by atoms with van der Waals surface area (Å²) in [5, 5.41) is 10.2. The summed E-state index contributed by atoms with van der Waals surface area (Å²) in [6, 6.07) is 0.143. The number of anilines is 1. The Labute approximate surface area is 100.0 Å². The van der Waals surface area contributed by atoms with Gasteiger partial charge in [-0.3, -0.25) is 10.1 Å². The molecule has 0 spiro atoms. The molecule has 0 saturated heterocycles. The maximum Gasteiger partial charge on any atom is 0.322 e. The predicted octanol–water partition coefficient (Wildman–Crippen LogP) is 1.40. The number of hydrogen-bond acceptors (Lipinski definition) is 5. The van der Waals surface area contributed by atoms with Crippen LogP contribution < -0.4 is 11.1 Å². The van der Waals surface area contributed by atoms with E-state index in [9.17, 15) is 4.79 Å². The second kappa shape index (κ2) is 4.44. The van der Waals surface area contributed by atoms with Crippen LogP contribution in [-0.2, 0) is 4.79 Å². The lowest BCUT2D eigenvalue weighted by molar-refractivity contribution is -0.121. The first-order valence-electron chi connectivity index (χ1n) is 5.96. The van der Waals surface area contributed by atoms with Gasteiger partial charge in [0.15, 0.2) is 0 Å². The van der Waals surface area contributed by atoms with Gasteiger partial charge in [0, 0.05) is 5.92 Å². The molecule has 94 valence electrons. The van der Waals surface area contributed by atoms with Gasteiger partial charge in [-0.15, -0.1) is 5.10 Å². The fraction of sp³-hybridized carbons (Fsp3) is 0.727. The molecule has 17 heavy (non-hydrogen) atoms. The molecule has 0 radical (unpaired) electrons. The van der Waals surface area contributed by atoms with Gasteiger partial charge in [-0.05, 0) is 26.2 Å². The number of nitrogens with zero attached hydrogens (tertiary/aromatic N) is 2. The third-order valence-corrected chi connectivity index (χ3v) is 2.88. The summed E-state index contributed by atoms with van der Waals surface area (Å²) >= 11 is 0. The molecule has 0 aromatic carbocycles. The second-order valence-electron chi connectivity index (χ2n) is 4.84. The number of nitrogens with one attached hydrogen (secondary N) is 1. The van der Waals surface area contributed by atoms with Gasteiger partial charge < -0.3 is 10.2 Å². The third kappa shape index (κ3) is 2.82. The van der Waals surface area contributed by atoms with Crippen LogP contribution in [0.25, 0.3) is 0 Å². The summed E-state index contributed by atoms with van der Waals surface area (Å²) in [6.07, 6.45) is 3.63. The van der Waals surface area contributed by atoms with Crippen molar-refractivity contribution in [2.75, 3.05) is 5.32 Å². The van der Waals surface area contributed by atoms with E-state index < -0.39 is 5.54 Å². The van der Waals surface area contributed by atoms with E-state index in [-0.39, 0.29) is 11.9 Å². The number of amides is 1. The molecule has 1 fully saturated rings. The zero-order chi connectivity index (χ0) is 12.5. The Hall–Kier alpha value is -1.43. The van der Waals surface area contributed by atoms with E-state index in [1.54, 1.807) is 6.92 Å². The number of rotatable bonds is 5. The van der Waals surface area contributed by atoms with Crippen molar-refractivity contribution in [2.45, 2.75) is 51.0 Å². The van der Waals surface area contributed by atoms with E-state index >= 15 is 0 Å². The van der Waals surface area contributed by atoms with Crippen molar-refractivity contribution in [1.29, 1.82) is 0 Å². The van der Waals surface area contributed by atoms with Crippen LogP contribution in [0.4, 0.5) is 6.01 Å². The SMILES string of the molecule is CCCC(C)(N)C(=O)Nc1nnc(C2CC2)o1. The highest BCUT2D eigenvalue weighted by atomic mass is 16.4. The lowest BCUT2D eigenvalue weighted by Gasteiger charge is -2.21. The smallest absolute Gasteiger partial charge is 0.322 e. The summed E-state index contributed by atoms with van der Waals surface area (Å²) in [6.45, 7) is 3.68. The number of carbonyl (C=O) groups excluding carboxylic acids is 1. The van der Waals surface area contributed by atoms with Gasteiger partial charge in [-0.2, -0.15) is 0 Å². The summed E-state index contributed by atoms with van der Waals surface area (Å²) < 4.78 is 5.34. The standard InChI is InChI=1S/C11H18N4O2/c1-3-6-11(2,12)9(16)13-10-15-14-8(17-10)7-4-5-7/h7H,3-6,12H2,1-2H3,(H,13,15,16). The maximum atomic E-state index is 11.9. The first-order valence-corrected chi connectivity index (χ1v) is 5.96. The van der Waals surface area contributed by atoms with E-state index in [1.807, 2.05) is 6.92 Å². The zero-order valence-corrected chi connectivity index (χ0v) is 10.2. The molecule has 1 aromatic rings. The molecule has 1 amide bonds. The number of nitrogens with two attached hydrogens (primary N) is 1. The minimum Gasteiger partial charge on any atom is -0.408 e. The number of carbonyl (C=O) groups is 1. The Bertz CT molecular complexity index is 409. The Kier molecular flexibility index (Phi) is 3.15. The molecule has 1 aromatic heterocycles. The molecule has 6 nitrogen and oxygen atoms in total. The second-order valence-corrected chi connectivity index (χ2v) is 4.84. The fourth-order valence-electron chi connectivity index (χ4n) is 1.65. The lowest BCUT2D eigenvalue weighted by Crippen LogP contribution is -2.48. The number of hydrogen-bond donors (Lipinski definition) is 2. The van der Waals surface area contributed by atoms with Crippen LogP contribution in [0, 0.1) is 0 Å². The van der Waals surface area contributed by atoms with Crippen LogP contribution in [0.2, 0.25) is 0 Å². The average molecular weight is 238 g/mol. The highest BCUT2D eigenvalue weighted by molar-refractivity contribution is 5.95. The lowest BCUT2D eigenvalue weighted by atomic mass is 9.97. The van der Waals surface area contributed by atoms with Crippen molar-refractivity contribution in [1.82, 2.24) is 10.2 Å². The molecule has 6 heteroatoms. The Morgan fingerprint density at radius 1 is 1.59 bits per heavy atom. The van der Waals surface area contributed by atoms with E-state index in [2.05, 4.69) is 15.5 Å². The van der Waals surface area contributed by atoms with Gasteiger partial charge in [0.25, 0.3) is 0 Å². The van der Waals surface area contributed by atoms with Gasteiger partial charge in [0.1, 0.15) is 0 Å². The highest BCUT2D eigenvalue weighted by Gasteiger charge is 2.31. The Morgan fingerprint density at radius 2 is 2.29 bits per heavy atom. The van der Waals surface area contributed by atoms with Crippen LogP contribution in [0.15, 0.2) is 4.42 Å². The maximum absolute atomic E-state index is 11.9. The minimum absolute atomic E-state index is 0.143. The molecule has 1 atom stereocenters. The largest absolute Gasteiger partial charge is 0.408 e. The van der Waals surface area contributed by atoms with Crippen LogP contribution >= 0.6 is 0 Å². The molecule has 1 heterocycles. The van der Waals surface area contributed by atoms with Crippen molar-refractivity contribution < 1.29 is 9.21 Å². The molecule has 0 aliphatic heterocycles. The van der Waals surface area contributed by atoms with E-state index in [0.717, 1.165) is 19.3 Å². The summed E-state index contributed by atoms with van der Waals surface area (Å²) in [5.74, 6) is 0.702. The quantitative estimate of drug-likeness (QED) is 0.808. The summed E-state index contributed by atoms with van der Waals surface area (Å²) in [5.41, 5.74) is 5.00. The Morgan fingerprint density at radius 3 is 2.88 bits per heavy atom. The fourth-order valence-corrected chi connectivity index (χ4v) is 1.65. The molecule has 1 saturated carbocycles. The first kappa shape index (κ1) is 12.0. The van der Waals surface area contributed by atoms with Crippen molar-refractivity contribution in [3.63, 3.8) is 0 Å². The van der Waals surface area contributed by atoms with Crippen molar-refractivity contribution in [3.05, 3.63) is 5.89 Å². The van der Waals surface area contributed by atoms with Gasteiger partial charge in [0.05, 0.1) is 5.54 Å². The molecule has 0 bridgehead atoms. The molecule has 1 aliphatic rings. The summed E-state index contributed by atoms with van der Waals surface area (Å²) in [4.78, 5) is 11.9. The van der Waals surface area contributed by atoms with Crippen molar-refractivity contribution in [2.24, 2.45) is 5.73 Å². The van der Waals surface area contributed by atoms with E-state index in [4.69, 9.17) is 10.2 Å². The van der Waals surface area contributed by atoms with Crippen LogP contribution in [0.1, 0.15) is 51.3 Å². The normalized spacial score (nSPS) is 18.8. The first-order chi connectivity index (χ1) is 8.03. The molecular formula is C11H18N4O2. The average Bonchev–Trinajstić information content (AvgIpc) is 3.00. The molecule has 1 aliphatic carbocycles. The zero-order valence-electron chi connectivity index (χ0n) is 10.2. The monoisotopic (exact) mass is 238 g/mol. The van der Waals surface area contributed by atoms with Crippen LogP contribution in [-0.4, -0.2) is 21.6 Å². The van der Waals surface area contributed by atoms with Gasteiger partial charge >= 0.3 is 6.01 Å². The van der Waals surface area contributed by atoms with Gasteiger partial charge in [-0.1, -0.05) is 18.4 Å². The number of aromatic nitrogens is 2. The van der Waals surface area contributed by atoms with Crippen LogP contribution in [0.3, 0.4) is 0 Å². The highest BCUT2D eigenvalue weighted by Crippen LogP contribution is 2.39. The summed E-state index contributed by atoms with van der Waals surface area (Å²) in [7, 11) is 0. The predicted molar refractivity (Wildman–Crippen MR) is 62.4 cm³/mol. The molecule has 2 rings (SSSR count). The van der Waals surface area contributed by atoms with E-state index in [0.29, 0.717) is 18.2 Å². The topological polar surface area (TPSA) is 94.0 Å². The minimum atomic E-state index is -0.900. The van der Waals surface area contributed by atoms with Gasteiger partial charge in [0.2, 0.25) is 11.8 Å². The van der Waals surface area contributed by atoms with Crippen molar-refractivity contribution in [3.8, 4) is 0 Å². The third-order valence-electron chi connectivity index (χ3n) is 2.88. The Balaban J connectivity index is 1.97. The molecular weight excluding hydrogens is 220 g/mol. The van der Waals surface area contributed by atoms with Crippen LogP contribution in [0.5, 0.6) is 0 Å².